The number of nitrogens with zero attached hydrogens (tertiary/aromatic N) is 2. The highest BCUT2D eigenvalue weighted by Crippen LogP contribution is 2.22. The van der Waals surface area contributed by atoms with E-state index < -0.39 is 0 Å². The molecule has 3 rings (SSSR count). The first kappa shape index (κ1) is 16.7. The molecule has 0 fully saturated rings. The molecule has 6 nitrogen and oxygen atoms in total. The van der Waals surface area contributed by atoms with E-state index >= 15 is 0 Å². The third-order valence-electron chi connectivity index (χ3n) is 3.81. The van der Waals surface area contributed by atoms with E-state index in [1.807, 2.05) is 39.8 Å². The van der Waals surface area contributed by atoms with Crippen LogP contribution in [0.15, 0.2) is 41.1 Å². The fourth-order valence-electron chi connectivity index (χ4n) is 2.73. The largest absolute Gasteiger partial charge is 0.360 e. The van der Waals surface area contributed by atoms with E-state index in [9.17, 15) is 4.79 Å². The maximum atomic E-state index is 12.5. The molecule has 128 valence electrons. The van der Waals surface area contributed by atoms with Gasteiger partial charge in [-0.3, -0.25) is 4.79 Å². The van der Waals surface area contributed by atoms with Crippen LogP contribution in [0.4, 0.5) is 17.2 Å². The van der Waals surface area contributed by atoms with Gasteiger partial charge < -0.3 is 15.2 Å². The molecule has 2 aromatic heterocycles. The fraction of sp³-hybridized carbons (Fsp3) is 0.211. The van der Waals surface area contributed by atoms with E-state index in [2.05, 4.69) is 20.8 Å². The van der Waals surface area contributed by atoms with Crippen molar-refractivity contribution in [3.05, 3.63) is 64.7 Å². The first-order chi connectivity index (χ1) is 11.9. The van der Waals surface area contributed by atoms with Crippen LogP contribution < -0.4 is 10.6 Å². The summed E-state index contributed by atoms with van der Waals surface area (Å²) in [5.41, 5.74) is 5.15. The lowest BCUT2D eigenvalue weighted by Gasteiger charge is -2.12. The summed E-state index contributed by atoms with van der Waals surface area (Å²) in [6, 6.07) is 9.32. The van der Waals surface area contributed by atoms with Gasteiger partial charge in [0.1, 0.15) is 11.5 Å². The second kappa shape index (κ2) is 6.76. The summed E-state index contributed by atoms with van der Waals surface area (Å²) in [6.45, 7) is 7.82. The van der Waals surface area contributed by atoms with Crippen LogP contribution in [0.5, 0.6) is 0 Å². The Balaban J connectivity index is 1.73. The third kappa shape index (κ3) is 3.85. The van der Waals surface area contributed by atoms with Crippen LogP contribution in [0.1, 0.15) is 32.9 Å². The number of hydrogen-bond donors (Lipinski definition) is 2. The molecule has 1 aromatic carbocycles. The molecule has 25 heavy (non-hydrogen) atoms. The van der Waals surface area contributed by atoms with E-state index in [0.29, 0.717) is 11.5 Å². The molecule has 0 radical (unpaired) electrons. The number of amides is 1. The van der Waals surface area contributed by atoms with E-state index in [1.165, 1.54) is 5.56 Å². The summed E-state index contributed by atoms with van der Waals surface area (Å²) in [6.07, 6.45) is 1.59. The summed E-state index contributed by atoms with van der Waals surface area (Å²) in [4.78, 5) is 16.7. The van der Waals surface area contributed by atoms with Gasteiger partial charge in [-0.15, -0.1) is 0 Å². The lowest BCUT2D eigenvalue weighted by atomic mass is 10.0. The molecule has 1 amide bonds. The van der Waals surface area contributed by atoms with Crippen LogP contribution in [-0.2, 0) is 0 Å². The second-order valence-electron chi connectivity index (χ2n) is 6.11. The smallest absolute Gasteiger partial charge is 0.274 e. The molecule has 0 atom stereocenters. The Morgan fingerprint density at radius 2 is 1.76 bits per heavy atom. The molecule has 0 aliphatic carbocycles. The Labute approximate surface area is 146 Å². The molecule has 2 N–H and O–H groups in total. The Kier molecular flexibility index (Phi) is 4.52. The number of pyridine rings is 1. The van der Waals surface area contributed by atoms with Crippen molar-refractivity contribution >= 4 is 23.1 Å². The lowest BCUT2D eigenvalue weighted by molar-refractivity contribution is 0.102. The zero-order chi connectivity index (χ0) is 18.0. The van der Waals surface area contributed by atoms with Crippen LogP contribution in [0.25, 0.3) is 0 Å². The topological polar surface area (TPSA) is 80.0 Å². The van der Waals surface area contributed by atoms with Crippen molar-refractivity contribution in [2.75, 3.05) is 10.6 Å². The van der Waals surface area contributed by atoms with E-state index in [1.54, 1.807) is 24.4 Å². The third-order valence-corrected chi connectivity index (χ3v) is 3.81. The summed E-state index contributed by atoms with van der Waals surface area (Å²) < 4.78 is 5.00. The van der Waals surface area contributed by atoms with Gasteiger partial charge in [-0.1, -0.05) is 22.9 Å². The van der Waals surface area contributed by atoms with Gasteiger partial charge in [-0.25, -0.2) is 4.98 Å². The van der Waals surface area contributed by atoms with Gasteiger partial charge in [0, 0.05) is 11.8 Å². The number of aryl methyl sites for hydroxylation is 4. The molecular weight excluding hydrogens is 316 g/mol. The Hall–Kier alpha value is -3.15. The maximum Gasteiger partial charge on any atom is 0.274 e. The molecule has 0 aliphatic heterocycles. The van der Waals surface area contributed by atoms with Gasteiger partial charge in [0.05, 0.1) is 11.9 Å². The first-order valence-electron chi connectivity index (χ1n) is 7.98. The minimum Gasteiger partial charge on any atom is -0.360 e. The van der Waals surface area contributed by atoms with Gasteiger partial charge in [-0.05, 0) is 51.0 Å². The van der Waals surface area contributed by atoms with Crippen LogP contribution >= 0.6 is 0 Å². The molecule has 0 bridgehead atoms. The number of aromatic nitrogens is 2. The number of carbonyl (C=O) groups is 1. The molecule has 6 heteroatoms. The van der Waals surface area contributed by atoms with Crippen molar-refractivity contribution in [1.29, 1.82) is 0 Å². The van der Waals surface area contributed by atoms with Crippen molar-refractivity contribution in [2.45, 2.75) is 27.7 Å². The average Bonchev–Trinajstić information content (AvgIpc) is 2.96. The normalized spacial score (nSPS) is 10.6. The second-order valence-corrected chi connectivity index (χ2v) is 6.11. The highest BCUT2D eigenvalue weighted by molar-refractivity contribution is 6.03. The predicted octanol–water partition coefficient (Wildman–Crippen LogP) is 4.30. The average molecular weight is 336 g/mol. The first-order valence-corrected chi connectivity index (χ1v) is 7.98. The van der Waals surface area contributed by atoms with Gasteiger partial charge in [0.25, 0.3) is 5.91 Å². The molecule has 0 saturated carbocycles. The summed E-state index contributed by atoms with van der Waals surface area (Å²) in [5.74, 6) is 1.08. The van der Waals surface area contributed by atoms with Crippen molar-refractivity contribution in [3.63, 3.8) is 0 Å². The molecule has 3 aromatic rings. The summed E-state index contributed by atoms with van der Waals surface area (Å²) >= 11 is 0. The van der Waals surface area contributed by atoms with E-state index in [0.717, 1.165) is 28.3 Å². The van der Waals surface area contributed by atoms with Crippen molar-refractivity contribution < 1.29 is 9.32 Å². The van der Waals surface area contributed by atoms with Crippen molar-refractivity contribution in [1.82, 2.24) is 10.1 Å². The van der Waals surface area contributed by atoms with E-state index in [-0.39, 0.29) is 5.91 Å². The standard InChI is InChI=1S/C19H20N4O2/c1-11-7-12(2)18(13(3)8-11)22-19(24)16-6-5-15(10-20-16)21-17-9-14(4)25-23-17/h5-10H,1-4H3,(H,21,23)(H,22,24). The van der Waals surface area contributed by atoms with Gasteiger partial charge in [0.2, 0.25) is 0 Å². The van der Waals surface area contributed by atoms with Crippen molar-refractivity contribution in [3.8, 4) is 0 Å². The van der Waals surface area contributed by atoms with Crippen LogP contribution in [0, 0.1) is 27.7 Å². The molecular formula is C19H20N4O2. The van der Waals surface area contributed by atoms with Crippen LogP contribution in [-0.4, -0.2) is 16.0 Å². The van der Waals surface area contributed by atoms with Gasteiger partial charge in [-0.2, -0.15) is 0 Å². The lowest BCUT2D eigenvalue weighted by Crippen LogP contribution is -2.15. The molecule has 0 unspecified atom stereocenters. The Morgan fingerprint density at radius 3 is 2.32 bits per heavy atom. The maximum absolute atomic E-state index is 12.5. The van der Waals surface area contributed by atoms with Gasteiger partial charge >= 0.3 is 0 Å². The quantitative estimate of drug-likeness (QED) is 0.742. The van der Waals surface area contributed by atoms with Crippen LogP contribution in [0.3, 0.4) is 0 Å². The molecule has 0 spiro atoms. The number of carbonyl (C=O) groups excluding carboxylic acids is 1. The zero-order valence-electron chi connectivity index (χ0n) is 14.7. The zero-order valence-corrected chi connectivity index (χ0v) is 14.7. The van der Waals surface area contributed by atoms with Gasteiger partial charge in [0.15, 0.2) is 5.82 Å². The SMILES string of the molecule is Cc1cc(C)c(NC(=O)c2ccc(Nc3cc(C)on3)cn2)c(C)c1. The molecule has 2 heterocycles. The van der Waals surface area contributed by atoms with Crippen molar-refractivity contribution in [2.24, 2.45) is 0 Å². The predicted molar refractivity (Wildman–Crippen MR) is 97.4 cm³/mol. The highest BCUT2D eigenvalue weighted by Gasteiger charge is 2.12. The number of nitrogens with one attached hydrogen (secondary N) is 2. The molecule has 0 aliphatic rings. The summed E-state index contributed by atoms with van der Waals surface area (Å²) in [7, 11) is 0. The van der Waals surface area contributed by atoms with Crippen LogP contribution in [0.2, 0.25) is 0 Å². The minimum absolute atomic E-state index is 0.237. The summed E-state index contributed by atoms with van der Waals surface area (Å²) in [5, 5.41) is 9.87. The fourth-order valence-corrected chi connectivity index (χ4v) is 2.73. The Morgan fingerprint density at radius 1 is 1.04 bits per heavy atom. The number of benzene rings is 1. The number of anilines is 3. The molecule has 0 saturated heterocycles. The minimum atomic E-state index is -0.237. The van der Waals surface area contributed by atoms with E-state index in [4.69, 9.17) is 4.52 Å². The highest BCUT2D eigenvalue weighted by atomic mass is 16.5. The Bertz CT molecular complexity index is 890. The monoisotopic (exact) mass is 336 g/mol. The number of rotatable bonds is 4. The number of hydrogen-bond acceptors (Lipinski definition) is 5.